The molecule has 0 aliphatic carbocycles. The topological polar surface area (TPSA) is 12.4 Å². The molecule has 0 aromatic heterocycles. The molecule has 0 saturated carbocycles. The monoisotopic (exact) mass is 147 g/mol. The molecule has 0 aliphatic rings. The van der Waals surface area contributed by atoms with Crippen LogP contribution in [-0.2, 0) is 0 Å². The van der Waals surface area contributed by atoms with E-state index in [1.165, 1.54) is 0 Å². The summed E-state index contributed by atoms with van der Waals surface area (Å²) in [5.41, 5.74) is 0. The molecule has 0 unspecified atom stereocenters. The maximum absolute atomic E-state index is 11.8. The molecule has 0 saturated heterocycles. The molecule has 3 heteroatoms. The Morgan fingerprint density at radius 2 is 2.33 bits per heavy atom. The molecular weight excluding hydrogens is 141 g/mol. The number of nitrogens with zero attached hydrogens (tertiary/aromatic N) is 1. The van der Waals surface area contributed by atoms with E-state index >= 15 is 0 Å². The Hall–Kier alpha value is -0.630. The van der Waals surface area contributed by atoms with Gasteiger partial charge in [0.2, 0.25) is 0 Å². The molecule has 0 rings (SSSR count). The van der Waals surface area contributed by atoms with Crippen LogP contribution in [0.5, 0.6) is 0 Å². The summed E-state index contributed by atoms with van der Waals surface area (Å²) < 4.78 is 11.8. The Kier molecular flexibility index (Phi) is 3.97. The molecule has 0 spiro atoms. The summed E-state index contributed by atoms with van der Waals surface area (Å²) in [4.78, 5) is 3.47. The van der Waals surface area contributed by atoms with Crippen molar-refractivity contribution in [2.24, 2.45) is 4.99 Å². The summed E-state index contributed by atoms with van der Waals surface area (Å²) in [5.74, 6) is -0.602. The van der Waals surface area contributed by atoms with Crippen LogP contribution in [0.2, 0.25) is 0 Å². The molecule has 0 radical (unpaired) electrons. The van der Waals surface area contributed by atoms with Crippen molar-refractivity contribution in [3.05, 3.63) is 23.6 Å². The molecule has 0 aliphatic heterocycles. The summed E-state index contributed by atoms with van der Waals surface area (Å²) in [6, 6.07) is 0. The van der Waals surface area contributed by atoms with Gasteiger partial charge < -0.3 is 0 Å². The molecule has 1 nitrogen and oxygen atoms in total. The number of aliphatic imine (C=N–C) groups is 1. The van der Waals surface area contributed by atoms with Gasteiger partial charge in [0.1, 0.15) is 11.0 Å². The van der Waals surface area contributed by atoms with Crippen molar-refractivity contribution in [3.63, 3.8) is 0 Å². The van der Waals surface area contributed by atoms with E-state index in [4.69, 9.17) is 11.6 Å². The van der Waals surface area contributed by atoms with Crippen molar-refractivity contribution >= 4 is 17.8 Å². The highest BCUT2D eigenvalue weighted by Crippen LogP contribution is 2.01. The smallest absolute Gasteiger partial charge is 0.134 e. The number of allylic oxidation sites excluding steroid dienone is 2. The van der Waals surface area contributed by atoms with Gasteiger partial charge in [0.15, 0.2) is 0 Å². The quantitative estimate of drug-likeness (QED) is 0.421. The zero-order valence-corrected chi connectivity index (χ0v) is 5.82. The summed E-state index contributed by atoms with van der Waals surface area (Å²) in [7, 11) is 0. The van der Waals surface area contributed by atoms with Crippen LogP contribution in [0.1, 0.15) is 6.92 Å². The Labute approximate surface area is 58.5 Å². The van der Waals surface area contributed by atoms with Crippen LogP contribution in [0.4, 0.5) is 4.39 Å². The van der Waals surface area contributed by atoms with Crippen molar-refractivity contribution in [2.45, 2.75) is 6.92 Å². The van der Waals surface area contributed by atoms with E-state index in [0.717, 1.165) is 6.21 Å². The number of hydrogen-bond acceptors (Lipinski definition) is 1. The van der Waals surface area contributed by atoms with E-state index in [1.54, 1.807) is 13.0 Å². The van der Waals surface area contributed by atoms with E-state index in [1.807, 2.05) is 0 Å². The van der Waals surface area contributed by atoms with Gasteiger partial charge in [-0.25, -0.2) is 9.38 Å². The normalized spacial score (nSPS) is 12.6. The summed E-state index contributed by atoms with van der Waals surface area (Å²) in [5, 5.41) is 0.258. The van der Waals surface area contributed by atoms with Crippen molar-refractivity contribution in [3.8, 4) is 0 Å². The van der Waals surface area contributed by atoms with E-state index in [0.29, 0.717) is 0 Å². The Morgan fingerprint density at radius 3 is 2.67 bits per heavy atom. The molecule has 0 aromatic carbocycles. The van der Waals surface area contributed by atoms with E-state index in [2.05, 4.69) is 11.6 Å². The first-order chi connectivity index (χ1) is 4.16. The fourth-order valence-electron chi connectivity index (χ4n) is 0.206. The molecule has 0 amide bonds. The van der Waals surface area contributed by atoms with Gasteiger partial charge in [-0.2, -0.15) is 0 Å². The third-order valence-electron chi connectivity index (χ3n) is 0.566. The summed E-state index contributed by atoms with van der Waals surface area (Å²) in [6.45, 7) is 4.67. The highest BCUT2D eigenvalue weighted by molar-refractivity contribution is 6.29. The van der Waals surface area contributed by atoms with Crippen LogP contribution < -0.4 is 0 Å². The van der Waals surface area contributed by atoms with Gasteiger partial charge in [-0.15, -0.1) is 0 Å². The van der Waals surface area contributed by atoms with Crippen LogP contribution in [0.15, 0.2) is 28.6 Å². The molecule has 0 fully saturated rings. The van der Waals surface area contributed by atoms with Crippen molar-refractivity contribution in [1.82, 2.24) is 0 Å². The minimum atomic E-state index is -0.602. The molecule has 50 valence electrons. The van der Waals surface area contributed by atoms with Gasteiger partial charge in [-0.3, -0.25) is 0 Å². The lowest BCUT2D eigenvalue weighted by Gasteiger charge is -1.82. The summed E-state index contributed by atoms with van der Waals surface area (Å²) in [6.07, 6.45) is 2.52. The second-order valence-corrected chi connectivity index (χ2v) is 1.70. The number of halogens is 2. The predicted octanol–water partition coefficient (Wildman–Crippen LogP) is 2.64. The Bertz CT molecular complexity index is 160. The van der Waals surface area contributed by atoms with Gasteiger partial charge in [0.05, 0.1) is 6.21 Å². The Balaban J connectivity index is 3.86. The zero-order valence-electron chi connectivity index (χ0n) is 5.06. The highest BCUT2D eigenvalue weighted by atomic mass is 35.5. The second kappa shape index (κ2) is 4.27. The third-order valence-corrected chi connectivity index (χ3v) is 0.882. The van der Waals surface area contributed by atoms with Gasteiger partial charge in [0, 0.05) is 0 Å². The van der Waals surface area contributed by atoms with Gasteiger partial charge in [-0.05, 0) is 6.92 Å². The van der Waals surface area contributed by atoms with Crippen LogP contribution >= 0.6 is 11.6 Å². The third kappa shape index (κ3) is 5.24. The zero-order chi connectivity index (χ0) is 7.28. The minimum Gasteiger partial charge on any atom is -0.242 e. The molecule has 9 heavy (non-hydrogen) atoms. The first kappa shape index (κ1) is 8.37. The molecular formula is C6H7ClFN. The Morgan fingerprint density at radius 1 is 1.78 bits per heavy atom. The van der Waals surface area contributed by atoms with Gasteiger partial charge in [-0.1, -0.05) is 24.3 Å². The summed E-state index contributed by atoms with van der Waals surface area (Å²) >= 11 is 5.36. The number of hydrogen-bond donors (Lipinski definition) is 0. The van der Waals surface area contributed by atoms with E-state index in [-0.39, 0.29) is 5.16 Å². The molecule has 0 atom stereocenters. The fourth-order valence-corrected chi connectivity index (χ4v) is 0.255. The van der Waals surface area contributed by atoms with Crippen molar-refractivity contribution in [1.29, 1.82) is 0 Å². The van der Waals surface area contributed by atoms with Crippen LogP contribution in [0, 0.1) is 0 Å². The lowest BCUT2D eigenvalue weighted by Crippen LogP contribution is -1.70. The average molecular weight is 148 g/mol. The van der Waals surface area contributed by atoms with E-state index in [9.17, 15) is 4.39 Å². The van der Waals surface area contributed by atoms with Gasteiger partial charge >= 0.3 is 0 Å². The first-order valence-electron chi connectivity index (χ1n) is 2.37. The average Bonchev–Trinajstić information content (AvgIpc) is 1.83. The van der Waals surface area contributed by atoms with Crippen LogP contribution in [0.25, 0.3) is 0 Å². The van der Waals surface area contributed by atoms with Crippen molar-refractivity contribution < 1.29 is 4.39 Å². The lowest BCUT2D eigenvalue weighted by molar-refractivity contribution is 0.690. The molecule has 0 heterocycles. The largest absolute Gasteiger partial charge is 0.242 e. The second-order valence-electron chi connectivity index (χ2n) is 1.32. The van der Waals surface area contributed by atoms with Crippen LogP contribution in [-0.4, -0.2) is 6.21 Å². The minimum absolute atomic E-state index is 0.258. The molecule has 0 bridgehead atoms. The van der Waals surface area contributed by atoms with Crippen molar-refractivity contribution in [2.75, 3.05) is 0 Å². The van der Waals surface area contributed by atoms with Gasteiger partial charge in [0.25, 0.3) is 0 Å². The lowest BCUT2D eigenvalue weighted by atomic mass is 10.6. The highest BCUT2D eigenvalue weighted by Gasteiger charge is 1.82. The maximum atomic E-state index is 11.8. The maximum Gasteiger partial charge on any atom is 0.134 e. The molecule has 0 N–H and O–H groups in total. The first-order valence-corrected chi connectivity index (χ1v) is 2.75. The number of rotatable bonds is 2. The standard InChI is InChI=1S/C6H7ClFN/c1-3-6(7)9-4-5(2)8/h3-4H,2H2,1H3/b6-3-,9-4?. The predicted molar refractivity (Wildman–Crippen MR) is 38.4 cm³/mol. The van der Waals surface area contributed by atoms with Crippen LogP contribution in [0.3, 0.4) is 0 Å². The molecule has 0 aromatic rings. The fraction of sp³-hybridized carbons (Fsp3) is 0.167. The van der Waals surface area contributed by atoms with E-state index < -0.39 is 5.83 Å². The SMILES string of the molecule is C=C(F)C=N/C(Cl)=C\C.